The Bertz CT molecular complexity index is 1130. The third-order valence-electron chi connectivity index (χ3n) is 11.8. The molecule has 0 amide bonds. The first kappa shape index (κ1) is 55.1. The molecular weight excluding hydrogens is 993 g/mol. The number of esters is 1. The molecule has 2 aliphatic heterocycles. The maximum atomic E-state index is 13.7. The second-order valence-electron chi connectivity index (χ2n) is 17.1. The van der Waals surface area contributed by atoms with Gasteiger partial charge in [0.05, 0.1) is 59.8 Å². The Labute approximate surface area is 366 Å². The number of halogens is 2. The van der Waals surface area contributed by atoms with Gasteiger partial charge in [-0.1, -0.05) is 20.8 Å². The van der Waals surface area contributed by atoms with Crippen LogP contribution < -0.4 is 0 Å². The number of ether oxygens (including phenoxy) is 6. The van der Waals surface area contributed by atoms with E-state index in [1.165, 1.54) is 7.11 Å². The van der Waals surface area contributed by atoms with E-state index in [0.717, 1.165) is 0 Å². The van der Waals surface area contributed by atoms with E-state index in [-0.39, 0.29) is 43.1 Å². The summed E-state index contributed by atoms with van der Waals surface area (Å²) in [5.41, 5.74) is -2.58. The number of nitrogens with zero attached hydrogens (tertiary/aromatic N) is 2. The molecule has 0 saturated carbocycles. The van der Waals surface area contributed by atoms with Crippen molar-refractivity contribution in [3.8, 4) is 0 Å². The van der Waals surface area contributed by atoms with Crippen LogP contribution >= 0.6 is 40.0 Å². The number of methoxy groups -OCH3 is 1. The Morgan fingerprint density at radius 2 is 1.61 bits per heavy atom. The first-order chi connectivity index (χ1) is 25.8. The standard InChI is InChI=1S/C39H76N2O12.2HI.V/c1-16-23(4)49-36(46)26(7)33(52-30-19-39(11,48-15)34(45)28(9)51-30)25(6)35(53-37-32(44)29(40(12)13)17-24(5)50-37)38(10,47)18-22(3)41(14)20-21(2)31(43)27(8)42;;;/h21-35,37,42-45,47H,16-20H2,1-15H3;2*1H;/q;;;+2/p-2/t21?,22?,23-,24?,25?,26?,27?,28?,29?,30?,31?,32?,33?,34?,35?,37?,38?,39?;;;/m0.../s1. The van der Waals surface area contributed by atoms with Gasteiger partial charge in [-0.25, -0.2) is 0 Å². The third-order valence-corrected chi connectivity index (χ3v) is 11.8. The summed E-state index contributed by atoms with van der Waals surface area (Å²) >= 11 is 4.74. The average Bonchev–Trinajstić information content (AvgIpc) is 3.11. The molecule has 0 aromatic rings. The van der Waals surface area contributed by atoms with E-state index in [2.05, 4.69) is 40.0 Å². The van der Waals surface area contributed by atoms with Gasteiger partial charge in [0.1, 0.15) is 12.2 Å². The molecule has 0 aromatic heterocycles. The average molecular weight is 1070 g/mol. The van der Waals surface area contributed by atoms with E-state index in [9.17, 15) is 30.3 Å². The summed E-state index contributed by atoms with van der Waals surface area (Å²) in [4.78, 5) is 17.7. The van der Waals surface area contributed by atoms with Crippen molar-refractivity contribution in [2.45, 2.75) is 193 Å². The Kier molecular flexibility index (Phi) is 24.8. The van der Waals surface area contributed by atoms with E-state index >= 15 is 0 Å². The molecule has 2 heterocycles. The number of carbonyl (C=O) groups is 1. The predicted molar refractivity (Wildman–Crippen MR) is 229 cm³/mol. The minimum atomic E-state index is -1.59. The minimum absolute atomic E-state index is 0.165. The van der Waals surface area contributed by atoms with Crippen LogP contribution in [0.3, 0.4) is 0 Å². The fourth-order valence-corrected chi connectivity index (χ4v) is 7.89. The van der Waals surface area contributed by atoms with Gasteiger partial charge in [-0.15, -0.1) is 0 Å². The van der Waals surface area contributed by atoms with Crippen LogP contribution in [0, 0.1) is 17.8 Å². The monoisotopic (exact) mass is 1070 g/mol. The molecule has 0 spiro atoms. The topological polar surface area (TPSA) is 180 Å². The zero-order valence-electron chi connectivity index (χ0n) is 36.5. The SMILES string of the molecule is CC[C@H](C)OC(=O)C(C)C(OC1CC(C)(OC)C(O)C(C)O1)C(C)C(OC1OC(C)CC(N(C)C)C1O)C(C)(O)CC(C)N(C)CC(C)C(O)C(C)O.[I][V][I]. The first-order valence-corrected chi connectivity index (χ1v) is 28.9. The summed E-state index contributed by atoms with van der Waals surface area (Å²) in [6.07, 6.45) is -7.47. The zero-order chi connectivity index (χ0) is 43.5. The molecule has 5 N–H and O–H groups in total. The number of hydrogen-bond donors (Lipinski definition) is 5. The number of rotatable bonds is 20. The van der Waals surface area contributed by atoms with E-state index < -0.39 is 84.3 Å². The summed E-state index contributed by atoms with van der Waals surface area (Å²) in [6, 6.07) is -0.514. The Balaban J connectivity index is 0.00000505. The van der Waals surface area contributed by atoms with Crippen LogP contribution in [0.5, 0.6) is 0 Å². The molecule has 2 saturated heterocycles. The van der Waals surface area contributed by atoms with Crippen LogP contribution in [0.4, 0.5) is 0 Å². The van der Waals surface area contributed by atoms with Gasteiger partial charge < -0.3 is 63.8 Å². The van der Waals surface area contributed by atoms with Gasteiger partial charge in [0, 0.05) is 38.1 Å². The van der Waals surface area contributed by atoms with E-state index in [0.29, 0.717) is 28.9 Å². The van der Waals surface area contributed by atoms with E-state index in [1.54, 1.807) is 34.6 Å². The summed E-state index contributed by atoms with van der Waals surface area (Å²) in [5.74, 6) is -2.31. The normalized spacial score (nSPS) is 33.1. The second-order valence-corrected chi connectivity index (χ2v) is 28.9. The summed E-state index contributed by atoms with van der Waals surface area (Å²) in [7, 11) is 7.81. The molecule has 14 nitrogen and oxygen atoms in total. The van der Waals surface area contributed by atoms with E-state index in [4.69, 9.17) is 28.4 Å². The third kappa shape index (κ3) is 16.1. The van der Waals surface area contributed by atoms with Crippen LogP contribution in [0.25, 0.3) is 0 Å². The molecule has 0 aliphatic carbocycles. The fourth-order valence-electron chi connectivity index (χ4n) is 7.89. The van der Waals surface area contributed by atoms with Gasteiger partial charge in [-0.3, -0.25) is 4.79 Å². The van der Waals surface area contributed by atoms with Crippen LogP contribution in [-0.4, -0.2) is 167 Å². The maximum absolute atomic E-state index is 13.7. The Morgan fingerprint density at radius 1 is 1.04 bits per heavy atom. The zero-order valence-corrected chi connectivity index (χ0v) is 42.2. The fraction of sp³-hybridized carbons (Fsp3) is 0.974. The molecule has 0 aromatic carbocycles. The molecule has 0 bridgehead atoms. The quantitative estimate of drug-likeness (QED) is 0.0861. The molecular formula is C39H76I2N2O12V. The van der Waals surface area contributed by atoms with Crippen LogP contribution in [0.15, 0.2) is 0 Å². The molecule has 18 atom stereocenters. The number of carbonyl (C=O) groups excluding carboxylic acids is 1. The Hall–Kier alpha value is 1.03. The van der Waals surface area contributed by atoms with Crippen molar-refractivity contribution in [3.05, 3.63) is 0 Å². The van der Waals surface area contributed by atoms with Crippen molar-refractivity contribution in [1.82, 2.24) is 9.80 Å². The van der Waals surface area contributed by atoms with Crippen molar-refractivity contribution in [2.24, 2.45) is 17.8 Å². The first-order valence-electron chi connectivity index (χ1n) is 19.9. The van der Waals surface area contributed by atoms with Crippen molar-refractivity contribution >= 4 is 45.9 Å². The molecule has 2 fully saturated rings. The summed E-state index contributed by atoms with van der Waals surface area (Å²) < 4.78 is 37.3. The van der Waals surface area contributed by atoms with Gasteiger partial charge in [0.25, 0.3) is 0 Å². The molecule has 2 rings (SSSR count). The second kappa shape index (κ2) is 25.2. The molecule has 17 heteroatoms. The molecule has 333 valence electrons. The molecule has 17 unspecified atom stereocenters. The van der Waals surface area contributed by atoms with Crippen molar-refractivity contribution in [2.75, 3.05) is 34.8 Å². The van der Waals surface area contributed by atoms with Crippen LogP contribution in [0.1, 0.15) is 102 Å². The number of hydrogen-bond acceptors (Lipinski definition) is 14. The molecule has 56 heavy (non-hydrogen) atoms. The summed E-state index contributed by atoms with van der Waals surface area (Å²) in [5, 5.41) is 55.5. The number of likely N-dealkylation sites (N-methyl/N-ethyl adjacent to an activating group) is 1. The van der Waals surface area contributed by atoms with Crippen LogP contribution in [-0.2, 0) is 42.7 Å². The van der Waals surface area contributed by atoms with E-state index in [1.807, 2.05) is 72.5 Å². The van der Waals surface area contributed by atoms with Gasteiger partial charge in [-0.2, -0.15) is 0 Å². The van der Waals surface area contributed by atoms with Crippen molar-refractivity contribution in [3.63, 3.8) is 0 Å². The number of aliphatic hydroxyl groups excluding tert-OH is 4. The van der Waals surface area contributed by atoms with Gasteiger partial charge in [0.15, 0.2) is 12.6 Å². The molecule has 2 aliphatic rings. The van der Waals surface area contributed by atoms with Gasteiger partial charge >= 0.3 is 55.4 Å². The number of aliphatic hydroxyl groups is 5. The van der Waals surface area contributed by atoms with Crippen molar-refractivity contribution in [1.29, 1.82) is 0 Å². The van der Waals surface area contributed by atoms with Gasteiger partial charge in [-0.05, 0) is 102 Å². The van der Waals surface area contributed by atoms with Gasteiger partial charge in [0.2, 0.25) is 0 Å². The Morgan fingerprint density at radius 3 is 2.11 bits per heavy atom. The predicted octanol–water partition coefficient (Wildman–Crippen LogP) is 4.31. The van der Waals surface area contributed by atoms with Crippen LogP contribution in [0.2, 0.25) is 0 Å². The molecule has 0 radical (unpaired) electrons. The summed E-state index contributed by atoms with van der Waals surface area (Å²) in [6.45, 7) is 20.2. The van der Waals surface area contributed by atoms with Crippen molar-refractivity contribution < 1.29 is 68.2 Å².